The second kappa shape index (κ2) is 11.4. The second-order valence-electron chi connectivity index (χ2n) is 9.25. The van der Waals surface area contributed by atoms with Crippen LogP contribution in [0.1, 0.15) is 42.4 Å². The summed E-state index contributed by atoms with van der Waals surface area (Å²) >= 11 is 1.29. The molecule has 0 saturated heterocycles. The number of aromatic nitrogens is 2. The molecule has 4 aromatic rings. The number of fused-ring (bicyclic) bond motifs is 1. The minimum absolute atomic E-state index is 0.236. The van der Waals surface area contributed by atoms with Gasteiger partial charge in [-0.15, -0.1) is 0 Å². The normalized spacial score (nSPS) is 14.8. The molecule has 5 rings (SSSR count). The summed E-state index contributed by atoms with van der Waals surface area (Å²) in [4.78, 5) is 31.8. The summed E-state index contributed by atoms with van der Waals surface area (Å²) in [6.45, 7) is 8.79. The number of thiazole rings is 1. The first kappa shape index (κ1) is 27.2. The third kappa shape index (κ3) is 4.88. The van der Waals surface area contributed by atoms with Crippen LogP contribution in [0.3, 0.4) is 0 Å². The number of carbonyl (C=O) groups is 1. The van der Waals surface area contributed by atoms with Crippen molar-refractivity contribution in [2.24, 2.45) is 4.99 Å². The molecule has 0 bridgehead atoms. The molecule has 1 aliphatic heterocycles. The van der Waals surface area contributed by atoms with Crippen molar-refractivity contribution in [3.8, 4) is 17.2 Å². The number of nitrogens with zero attached hydrogens (tertiary/aromatic N) is 3. The van der Waals surface area contributed by atoms with Gasteiger partial charge >= 0.3 is 5.97 Å². The smallest absolute Gasteiger partial charge is 0.337 e. The van der Waals surface area contributed by atoms with E-state index in [0.29, 0.717) is 39.6 Å². The zero-order valence-electron chi connectivity index (χ0n) is 23.1. The molecule has 2 aromatic heterocycles. The summed E-state index contributed by atoms with van der Waals surface area (Å²) in [5, 5.41) is 0. The highest BCUT2D eigenvalue weighted by molar-refractivity contribution is 7.07. The molecule has 1 atom stereocenters. The number of methoxy groups -OCH3 is 1. The molecule has 0 radical (unpaired) electrons. The Morgan fingerprint density at radius 3 is 2.45 bits per heavy atom. The molecule has 1 aliphatic rings. The minimum Gasteiger partial charge on any atom is -0.490 e. The number of para-hydroxylation sites is 1. The maximum atomic E-state index is 14.0. The number of aryl methyl sites for hydroxylation is 1. The second-order valence-corrected chi connectivity index (χ2v) is 10.3. The Morgan fingerprint density at radius 2 is 1.75 bits per heavy atom. The van der Waals surface area contributed by atoms with E-state index < -0.39 is 12.0 Å². The van der Waals surface area contributed by atoms with Gasteiger partial charge in [0.25, 0.3) is 5.56 Å². The molecule has 0 aliphatic carbocycles. The predicted molar refractivity (Wildman–Crippen MR) is 155 cm³/mol. The lowest BCUT2D eigenvalue weighted by Crippen LogP contribution is -2.39. The van der Waals surface area contributed by atoms with E-state index in [1.165, 1.54) is 24.6 Å². The van der Waals surface area contributed by atoms with Gasteiger partial charge in [-0.1, -0.05) is 35.6 Å². The number of carbonyl (C=O) groups excluding carboxylic acids is 1. The molecule has 2 aromatic carbocycles. The van der Waals surface area contributed by atoms with Crippen LogP contribution in [0.5, 0.6) is 11.5 Å². The third-order valence-corrected chi connectivity index (χ3v) is 7.78. The van der Waals surface area contributed by atoms with Gasteiger partial charge in [0.2, 0.25) is 0 Å². The van der Waals surface area contributed by atoms with E-state index in [0.717, 1.165) is 22.6 Å². The summed E-state index contributed by atoms with van der Waals surface area (Å²) in [5.74, 6) is 0.581. The summed E-state index contributed by atoms with van der Waals surface area (Å²) < 4.78 is 20.9. The topological polar surface area (TPSA) is 84.0 Å². The number of ether oxygens (including phenoxy) is 3. The van der Waals surface area contributed by atoms with E-state index in [4.69, 9.17) is 14.2 Å². The van der Waals surface area contributed by atoms with Crippen molar-refractivity contribution in [2.45, 2.75) is 33.7 Å². The van der Waals surface area contributed by atoms with Crippen LogP contribution >= 0.6 is 11.3 Å². The fourth-order valence-electron chi connectivity index (χ4n) is 5.04. The number of esters is 1. The SMILES string of the molecule is CCOc1ccc([C@@H]2C(C(=O)OC)=CN=c3s/c(=C/c4cc(C)n(-c5ccccc5)c4C)c(=O)n32)cc1OCC. The van der Waals surface area contributed by atoms with Crippen molar-refractivity contribution < 1.29 is 19.0 Å². The highest BCUT2D eigenvalue weighted by Gasteiger charge is 2.31. The molecule has 206 valence electrons. The van der Waals surface area contributed by atoms with Gasteiger partial charge in [0.15, 0.2) is 16.3 Å². The van der Waals surface area contributed by atoms with E-state index in [9.17, 15) is 9.59 Å². The first-order valence-electron chi connectivity index (χ1n) is 13.1. The summed E-state index contributed by atoms with van der Waals surface area (Å²) in [5.41, 5.74) is 4.79. The summed E-state index contributed by atoms with van der Waals surface area (Å²) in [7, 11) is 1.32. The average Bonchev–Trinajstić information content (AvgIpc) is 3.43. The fourth-order valence-corrected chi connectivity index (χ4v) is 6.00. The van der Waals surface area contributed by atoms with E-state index in [2.05, 4.69) is 27.8 Å². The fraction of sp³-hybridized carbons (Fsp3) is 0.258. The molecule has 0 saturated carbocycles. The minimum atomic E-state index is -0.738. The Balaban J connectivity index is 1.67. The van der Waals surface area contributed by atoms with Crippen molar-refractivity contribution in [1.29, 1.82) is 0 Å². The third-order valence-electron chi connectivity index (χ3n) is 6.78. The standard InChI is InChI=1S/C31H31N3O5S/c1-6-38-25-14-13-21(16-26(25)39-7-2)28-24(30(36)37-5)18-32-31-34(28)29(35)27(40-31)17-22-15-19(3)33(20(22)4)23-11-9-8-10-12-23/h8-18,28H,6-7H2,1-5H3/b27-17+/t28-/m1/s1. The molecule has 8 nitrogen and oxygen atoms in total. The van der Waals surface area contributed by atoms with Crippen LogP contribution in [-0.2, 0) is 9.53 Å². The molecule has 0 spiro atoms. The first-order valence-corrected chi connectivity index (χ1v) is 13.9. The molecule has 9 heteroatoms. The van der Waals surface area contributed by atoms with E-state index in [1.54, 1.807) is 10.6 Å². The van der Waals surface area contributed by atoms with E-state index >= 15 is 0 Å². The monoisotopic (exact) mass is 557 g/mol. The van der Waals surface area contributed by atoms with Crippen molar-refractivity contribution in [3.63, 3.8) is 0 Å². The predicted octanol–water partition coefficient (Wildman–Crippen LogP) is 4.22. The Morgan fingerprint density at radius 1 is 1.02 bits per heavy atom. The highest BCUT2D eigenvalue weighted by Crippen LogP contribution is 2.35. The zero-order valence-corrected chi connectivity index (χ0v) is 24.0. The molecular weight excluding hydrogens is 526 g/mol. The zero-order chi connectivity index (χ0) is 28.4. The van der Waals surface area contributed by atoms with E-state index in [1.807, 2.05) is 64.1 Å². The largest absolute Gasteiger partial charge is 0.490 e. The highest BCUT2D eigenvalue weighted by atomic mass is 32.1. The maximum Gasteiger partial charge on any atom is 0.337 e. The van der Waals surface area contributed by atoms with Gasteiger partial charge in [-0.25, -0.2) is 9.79 Å². The lowest BCUT2D eigenvalue weighted by Gasteiger charge is -2.23. The molecular formula is C31H31N3O5S. The van der Waals surface area contributed by atoms with Gasteiger partial charge in [-0.3, -0.25) is 9.36 Å². The Labute approximate surface area is 236 Å². The van der Waals surface area contributed by atoms with Gasteiger partial charge in [0.1, 0.15) is 0 Å². The molecule has 0 fully saturated rings. The van der Waals surface area contributed by atoms with Crippen LogP contribution < -0.4 is 24.4 Å². The van der Waals surface area contributed by atoms with Gasteiger partial charge < -0.3 is 18.8 Å². The quantitative estimate of drug-likeness (QED) is 0.303. The lowest BCUT2D eigenvalue weighted by molar-refractivity contribution is -0.136. The molecule has 0 amide bonds. The Hall–Kier alpha value is -4.37. The lowest BCUT2D eigenvalue weighted by atomic mass is 9.97. The first-order chi connectivity index (χ1) is 19.4. The van der Waals surface area contributed by atoms with Crippen LogP contribution in [-0.4, -0.2) is 35.4 Å². The van der Waals surface area contributed by atoms with Crippen LogP contribution in [0.4, 0.5) is 0 Å². The number of hydrogen-bond acceptors (Lipinski definition) is 7. The van der Waals surface area contributed by atoms with Crippen molar-refractivity contribution in [2.75, 3.05) is 20.3 Å². The summed E-state index contributed by atoms with van der Waals surface area (Å²) in [6.07, 6.45) is 3.39. The summed E-state index contributed by atoms with van der Waals surface area (Å²) in [6, 6.07) is 16.9. The maximum absolute atomic E-state index is 14.0. The van der Waals surface area contributed by atoms with Crippen molar-refractivity contribution >= 4 is 23.4 Å². The molecule has 3 heterocycles. The van der Waals surface area contributed by atoms with Gasteiger partial charge in [-0.05, 0) is 75.2 Å². The number of benzene rings is 2. The van der Waals surface area contributed by atoms with Gasteiger partial charge in [-0.2, -0.15) is 0 Å². The molecule has 0 N–H and O–H groups in total. The number of rotatable bonds is 8. The molecule has 0 unspecified atom stereocenters. The van der Waals surface area contributed by atoms with Gasteiger partial charge in [0.05, 0.1) is 36.5 Å². The van der Waals surface area contributed by atoms with Crippen LogP contribution in [0.2, 0.25) is 0 Å². The Bertz CT molecular complexity index is 1780. The Kier molecular flexibility index (Phi) is 7.75. The van der Waals surface area contributed by atoms with Crippen LogP contribution in [0.25, 0.3) is 11.8 Å². The van der Waals surface area contributed by atoms with Crippen LogP contribution in [0.15, 0.2) is 76.2 Å². The van der Waals surface area contributed by atoms with Crippen molar-refractivity contribution in [1.82, 2.24) is 9.13 Å². The van der Waals surface area contributed by atoms with Crippen molar-refractivity contribution in [3.05, 3.63) is 109 Å². The number of hydrogen-bond donors (Lipinski definition) is 0. The average molecular weight is 558 g/mol. The molecule has 40 heavy (non-hydrogen) atoms. The van der Waals surface area contributed by atoms with Gasteiger partial charge in [0, 0.05) is 23.3 Å². The van der Waals surface area contributed by atoms with E-state index in [-0.39, 0.29) is 11.1 Å². The van der Waals surface area contributed by atoms with Crippen LogP contribution in [0, 0.1) is 13.8 Å².